The number of benzene rings is 1. The minimum atomic E-state index is -0.102. The van der Waals surface area contributed by atoms with Crippen molar-refractivity contribution in [3.8, 4) is 0 Å². The van der Waals surface area contributed by atoms with Gasteiger partial charge < -0.3 is 10.6 Å². The van der Waals surface area contributed by atoms with Crippen molar-refractivity contribution < 1.29 is 4.79 Å². The first kappa shape index (κ1) is 14.8. The Morgan fingerprint density at radius 2 is 2.21 bits per heavy atom. The summed E-state index contributed by atoms with van der Waals surface area (Å²) in [7, 11) is 0. The highest BCUT2D eigenvalue weighted by atomic mass is 79.9. The van der Waals surface area contributed by atoms with E-state index in [1.54, 1.807) is 6.07 Å². The Hall–Kier alpha value is -0.580. The molecule has 1 amide bonds. The van der Waals surface area contributed by atoms with Crippen LogP contribution in [0.3, 0.4) is 0 Å². The van der Waals surface area contributed by atoms with E-state index in [0.717, 1.165) is 41.5 Å². The molecule has 104 valence electrons. The zero-order valence-electron chi connectivity index (χ0n) is 10.9. The topological polar surface area (TPSA) is 41.1 Å². The van der Waals surface area contributed by atoms with Gasteiger partial charge in [0.1, 0.15) is 0 Å². The van der Waals surface area contributed by atoms with Gasteiger partial charge in [0, 0.05) is 9.50 Å². The highest BCUT2D eigenvalue weighted by Crippen LogP contribution is 2.29. The Labute approximate surface area is 127 Å². The highest BCUT2D eigenvalue weighted by Gasteiger charge is 2.20. The van der Waals surface area contributed by atoms with Crippen LogP contribution in [0.1, 0.15) is 31.2 Å². The van der Waals surface area contributed by atoms with Crippen molar-refractivity contribution >= 4 is 39.1 Å². The van der Waals surface area contributed by atoms with Crippen LogP contribution in [0.2, 0.25) is 5.02 Å². The minimum Gasteiger partial charge on any atom is -0.324 e. The second-order valence-corrected chi connectivity index (χ2v) is 6.19. The molecule has 1 aromatic carbocycles. The highest BCUT2D eigenvalue weighted by molar-refractivity contribution is 9.10. The lowest BCUT2D eigenvalue weighted by Crippen LogP contribution is -2.39. The van der Waals surface area contributed by atoms with Crippen LogP contribution in [-0.4, -0.2) is 18.5 Å². The van der Waals surface area contributed by atoms with Crippen molar-refractivity contribution in [3.05, 3.63) is 27.2 Å². The molecule has 0 radical (unpaired) electrons. The standard InChI is InChI=1S/C14H18BrClN2O/c1-9-7-10(15)13(8-11(9)16)18-14(19)12-5-3-2-4-6-17-12/h7-8,12,17H,2-6H2,1H3,(H,18,19). The first-order valence-corrected chi connectivity index (χ1v) is 7.75. The number of carbonyl (C=O) groups excluding carboxylic acids is 1. The minimum absolute atomic E-state index is 0.0162. The summed E-state index contributed by atoms with van der Waals surface area (Å²) in [6.07, 6.45) is 4.32. The van der Waals surface area contributed by atoms with E-state index < -0.39 is 0 Å². The van der Waals surface area contributed by atoms with E-state index in [-0.39, 0.29) is 11.9 Å². The molecule has 1 atom stereocenters. The van der Waals surface area contributed by atoms with Gasteiger partial charge in [0.15, 0.2) is 0 Å². The fourth-order valence-electron chi connectivity index (χ4n) is 2.21. The summed E-state index contributed by atoms with van der Waals surface area (Å²) in [5.74, 6) is 0.0162. The van der Waals surface area contributed by atoms with Gasteiger partial charge in [0.25, 0.3) is 0 Å². The first-order chi connectivity index (χ1) is 9.08. The van der Waals surface area contributed by atoms with Crippen LogP contribution in [0.25, 0.3) is 0 Å². The quantitative estimate of drug-likeness (QED) is 0.854. The van der Waals surface area contributed by atoms with Crippen molar-refractivity contribution in [2.75, 3.05) is 11.9 Å². The maximum atomic E-state index is 12.2. The van der Waals surface area contributed by atoms with E-state index in [1.165, 1.54) is 6.42 Å². The number of hydrogen-bond donors (Lipinski definition) is 2. The SMILES string of the molecule is Cc1cc(Br)c(NC(=O)C2CCCCCN2)cc1Cl. The molecule has 0 aliphatic carbocycles. The number of nitrogens with one attached hydrogen (secondary N) is 2. The predicted molar refractivity (Wildman–Crippen MR) is 82.8 cm³/mol. The second kappa shape index (κ2) is 6.73. The molecule has 1 aliphatic rings. The fraction of sp³-hybridized carbons (Fsp3) is 0.500. The number of aryl methyl sites for hydroxylation is 1. The number of rotatable bonds is 2. The largest absolute Gasteiger partial charge is 0.324 e. The molecule has 0 saturated carbocycles. The van der Waals surface area contributed by atoms with Crippen molar-refractivity contribution in [2.24, 2.45) is 0 Å². The van der Waals surface area contributed by atoms with Crippen LogP contribution in [0.5, 0.6) is 0 Å². The predicted octanol–water partition coefficient (Wildman–Crippen LogP) is 3.88. The van der Waals surface area contributed by atoms with Crippen molar-refractivity contribution in [1.82, 2.24) is 5.32 Å². The van der Waals surface area contributed by atoms with Crippen LogP contribution < -0.4 is 10.6 Å². The van der Waals surface area contributed by atoms with E-state index in [1.807, 2.05) is 13.0 Å². The molecule has 3 nitrogen and oxygen atoms in total. The Bertz CT molecular complexity index is 471. The van der Waals surface area contributed by atoms with Gasteiger partial charge in [0.05, 0.1) is 11.7 Å². The summed E-state index contributed by atoms with van der Waals surface area (Å²) < 4.78 is 0.858. The molecule has 1 unspecified atom stereocenters. The number of hydrogen-bond acceptors (Lipinski definition) is 2. The van der Waals surface area contributed by atoms with Crippen molar-refractivity contribution in [3.63, 3.8) is 0 Å². The molecule has 2 N–H and O–H groups in total. The van der Waals surface area contributed by atoms with Crippen LogP contribution in [-0.2, 0) is 4.79 Å². The lowest BCUT2D eigenvalue weighted by atomic mass is 10.1. The third kappa shape index (κ3) is 3.94. The first-order valence-electron chi connectivity index (χ1n) is 6.58. The maximum absolute atomic E-state index is 12.2. The monoisotopic (exact) mass is 344 g/mol. The number of anilines is 1. The van der Waals surface area contributed by atoms with Gasteiger partial charge in [-0.3, -0.25) is 4.79 Å². The summed E-state index contributed by atoms with van der Waals surface area (Å²) in [6, 6.07) is 3.60. The smallest absolute Gasteiger partial charge is 0.241 e. The molecule has 19 heavy (non-hydrogen) atoms. The van der Waals surface area contributed by atoms with E-state index in [0.29, 0.717) is 5.02 Å². The Kier molecular flexibility index (Phi) is 5.25. The van der Waals surface area contributed by atoms with Crippen molar-refractivity contribution in [2.45, 2.75) is 38.6 Å². The average molecular weight is 346 g/mol. The normalized spacial score (nSPS) is 19.8. The Balaban J connectivity index is 2.07. The zero-order valence-corrected chi connectivity index (χ0v) is 13.3. The molecule has 0 bridgehead atoms. The summed E-state index contributed by atoms with van der Waals surface area (Å²) in [5.41, 5.74) is 1.71. The number of carbonyl (C=O) groups is 1. The van der Waals surface area contributed by atoms with Gasteiger partial charge in [-0.1, -0.05) is 24.4 Å². The molecule has 1 aromatic rings. The molecular formula is C14H18BrClN2O. The van der Waals surface area contributed by atoms with Crippen LogP contribution >= 0.6 is 27.5 Å². The average Bonchev–Trinajstić information content (AvgIpc) is 2.64. The third-order valence-corrected chi connectivity index (χ3v) is 4.45. The van der Waals surface area contributed by atoms with Gasteiger partial charge in [-0.15, -0.1) is 0 Å². The van der Waals surface area contributed by atoms with Gasteiger partial charge >= 0.3 is 0 Å². The molecular weight excluding hydrogens is 328 g/mol. The van der Waals surface area contributed by atoms with E-state index in [2.05, 4.69) is 26.6 Å². The lowest BCUT2D eigenvalue weighted by Gasteiger charge is -2.16. The molecule has 0 aromatic heterocycles. The van der Waals surface area contributed by atoms with Gasteiger partial charge in [-0.2, -0.15) is 0 Å². The van der Waals surface area contributed by atoms with Gasteiger partial charge in [-0.25, -0.2) is 0 Å². The van der Waals surface area contributed by atoms with Crippen LogP contribution in [0.4, 0.5) is 5.69 Å². The van der Waals surface area contributed by atoms with Crippen LogP contribution in [0, 0.1) is 6.92 Å². The van der Waals surface area contributed by atoms with Gasteiger partial charge in [0.2, 0.25) is 5.91 Å². The van der Waals surface area contributed by atoms with E-state index >= 15 is 0 Å². The molecule has 0 spiro atoms. The Morgan fingerprint density at radius 3 is 3.00 bits per heavy atom. The maximum Gasteiger partial charge on any atom is 0.241 e. The number of amides is 1. The molecule has 1 aliphatic heterocycles. The zero-order chi connectivity index (χ0) is 13.8. The summed E-state index contributed by atoms with van der Waals surface area (Å²) in [5, 5.41) is 6.89. The lowest BCUT2D eigenvalue weighted by molar-refractivity contribution is -0.118. The summed E-state index contributed by atoms with van der Waals surface area (Å²) in [6.45, 7) is 2.85. The fourth-order valence-corrected chi connectivity index (χ4v) is 2.93. The number of halogens is 2. The third-order valence-electron chi connectivity index (χ3n) is 3.38. The molecule has 1 saturated heterocycles. The Morgan fingerprint density at radius 1 is 1.42 bits per heavy atom. The molecule has 1 heterocycles. The summed E-state index contributed by atoms with van der Waals surface area (Å²) in [4.78, 5) is 12.2. The molecule has 5 heteroatoms. The van der Waals surface area contributed by atoms with Crippen LogP contribution in [0.15, 0.2) is 16.6 Å². The van der Waals surface area contributed by atoms with Crippen molar-refractivity contribution in [1.29, 1.82) is 0 Å². The molecule has 2 rings (SSSR count). The van der Waals surface area contributed by atoms with E-state index in [4.69, 9.17) is 11.6 Å². The van der Waals surface area contributed by atoms with Gasteiger partial charge in [-0.05, 0) is 59.9 Å². The van der Waals surface area contributed by atoms with E-state index in [9.17, 15) is 4.79 Å². The second-order valence-electron chi connectivity index (χ2n) is 4.93. The summed E-state index contributed by atoms with van der Waals surface area (Å²) >= 11 is 9.55. The molecule has 1 fully saturated rings.